The fourth-order valence-corrected chi connectivity index (χ4v) is 1.74. The van der Waals surface area contributed by atoms with Crippen LogP contribution >= 0.6 is 22.6 Å². The van der Waals surface area contributed by atoms with Crippen molar-refractivity contribution in [1.82, 2.24) is 9.97 Å². The van der Waals surface area contributed by atoms with Crippen LogP contribution in [0.4, 0.5) is 0 Å². The van der Waals surface area contributed by atoms with Crippen LogP contribution in [0.5, 0.6) is 11.6 Å². The first-order valence-electron chi connectivity index (χ1n) is 4.90. The SMILES string of the molecule is Cc1cc(Oc2ncncc2I)ccc1C=O. The molecule has 0 saturated heterocycles. The number of benzene rings is 1. The topological polar surface area (TPSA) is 52.1 Å². The summed E-state index contributed by atoms with van der Waals surface area (Å²) in [4.78, 5) is 18.6. The molecule has 1 heterocycles. The van der Waals surface area contributed by atoms with E-state index in [-0.39, 0.29) is 0 Å². The van der Waals surface area contributed by atoms with E-state index in [4.69, 9.17) is 4.74 Å². The van der Waals surface area contributed by atoms with Gasteiger partial charge in [-0.15, -0.1) is 0 Å². The molecule has 0 aliphatic heterocycles. The maximum absolute atomic E-state index is 10.7. The molecule has 86 valence electrons. The molecule has 1 aromatic heterocycles. The van der Waals surface area contributed by atoms with E-state index in [0.717, 1.165) is 15.4 Å². The third-order valence-corrected chi connectivity index (χ3v) is 2.96. The molecular weight excluding hydrogens is 331 g/mol. The molecule has 0 bridgehead atoms. The van der Waals surface area contributed by atoms with Crippen LogP contribution in [0.1, 0.15) is 15.9 Å². The summed E-state index contributed by atoms with van der Waals surface area (Å²) >= 11 is 2.10. The van der Waals surface area contributed by atoms with Gasteiger partial charge < -0.3 is 4.74 Å². The molecule has 0 spiro atoms. The van der Waals surface area contributed by atoms with Crippen molar-refractivity contribution < 1.29 is 9.53 Å². The van der Waals surface area contributed by atoms with E-state index in [1.807, 2.05) is 13.0 Å². The third kappa shape index (κ3) is 2.79. The van der Waals surface area contributed by atoms with Crippen LogP contribution in [-0.4, -0.2) is 16.3 Å². The maximum Gasteiger partial charge on any atom is 0.235 e. The molecule has 0 N–H and O–H groups in total. The van der Waals surface area contributed by atoms with Crippen LogP contribution in [0.25, 0.3) is 0 Å². The quantitative estimate of drug-likeness (QED) is 0.637. The van der Waals surface area contributed by atoms with E-state index < -0.39 is 0 Å². The van der Waals surface area contributed by atoms with Crippen LogP contribution in [0.15, 0.2) is 30.7 Å². The molecular formula is C12H9IN2O2. The molecule has 0 aliphatic rings. The van der Waals surface area contributed by atoms with Gasteiger partial charge in [0.2, 0.25) is 5.88 Å². The Morgan fingerprint density at radius 3 is 2.88 bits per heavy atom. The second-order valence-electron chi connectivity index (χ2n) is 3.41. The number of aryl methyl sites for hydroxylation is 1. The Morgan fingerprint density at radius 1 is 1.41 bits per heavy atom. The van der Waals surface area contributed by atoms with Gasteiger partial charge in [-0.25, -0.2) is 9.97 Å². The van der Waals surface area contributed by atoms with Crippen molar-refractivity contribution in [3.8, 4) is 11.6 Å². The number of aldehydes is 1. The highest BCUT2D eigenvalue weighted by Gasteiger charge is 2.05. The molecule has 5 heteroatoms. The van der Waals surface area contributed by atoms with Crippen molar-refractivity contribution in [3.63, 3.8) is 0 Å². The minimum atomic E-state index is 0.513. The van der Waals surface area contributed by atoms with Gasteiger partial charge >= 0.3 is 0 Å². The number of hydrogen-bond acceptors (Lipinski definition) is 4. The number of carbonyl (C=O) groups excluding carboxylic acids is 1. The zero-order valence-corrected chi connectivity index (χ0v) is 11.2. The minimum absolute atomic E-state index is 0.513. The van der Waals surface area contributed by atoms with Crippen LogP contribution in [0, 0.1) is 10.5 Å². The van der Waals surface area contributed by atoms with Crippen LogP contribution in [0.3, 0.4) is 0 Å². The van der Waals surface area contributed by atoms with Gasteiger partial charge in [-0.05, 0) is 53.3 Å². The normalized spacial score (nSPS) is 10.0. The number of carbonyl (C=O) groups is 1. The van der Waals surface area contributed by atoms with Gasteiger partial charge in [-0.1, -0.05) is 0 Å². The van der Waals surface area contributed by atoms with E-state index in [2.05, 4.69) is 32.6 Å². The van der Waals surface area contributed by atoms with E-state index in [9.17, 15) is 4.79 Å². The highest BCUT2D eigenvalue weighted by molar-refractivity contribution is 14.1. The Hall–Kier alpha value is -1.50. The zero-order chi connectivity index (χ0) is 12.3. The molecule has 0 saturated carbocycles. The predicted molar refractivity (Wildman–Crippen MR) is 71.4 cm³/mol. The van der Waals surface area contributed by atoms with Crippen molar-refractivity contribution in [2.24, 2.45) is 0 Å². The molecule has 17 heavy (non-hydrogen) atoms. The smallest absolute Gasteiger partial charge is 0.235 e. The highest BCUT2D eigenvalue weighted by Crippen LogP contribution is 2.24. The van der Waals surface area contributed by atoms with Crippen molar-refractivity contribution >= 4 is 28.9 Å². The van der Waals surface area contributed by atoms with Gasteiger partial charge in [-0.2, -0.15) is 0 Å². The van der Waals surface area contributed by atoms with Gasteiger partial charge in [0.15, 0.2) is 0 Å². The predicted octanol–water partition coefficient (Wildman–Crippen LogP) is 2.99. The van der Waals surface area contributed by atoms with E-state index in [0.29, 0.717) is 17.2 Å². The monoisotopic (exact) mass is 340 g/mol. The fourth-order valence-electron chi connectivity index (χ4n) is 1.33. The lowest BCUT2D eigenvalue weighted by Gasteiger charge is -2.07. The molecule has 4 nitrogen and oxygen atoms in total. The lowest BCUT2D eigenvalue weighted by molar-refractivity contribution is 0.112. The van der Waals surface area contributed by atoms with Gasteiger partial charge in [0.05, 0.1) is 3.57 Å². The summed E-state index contributed by atoms with van der Waals surface area (Å²) in [7, 11) is 0. The molecule has 0 atom stereocenters. The number of halogens is 1. The van der Waals surface area contributed by atoms with Crippen LogP contribution < -0.4 is 4.74 Å². The summed E-state index contributed by atoms with van der Waals surface area (Å²) < 4.78 is 6.45. The Bertz CT molecular complexity index is 558. The average Bonchev–Trinajstić information content (AvgIpc) is 2.32. The first kappa shape index (κ1) is 12.0. The number of hydrogen-bond donors (Lipinski definition) is 0. The summed E-state index contributed by atoms with van der Waals surface area (Å²) in [5.74, 6) is 1.17. The highest BCUT2D eigenvalue weighted by atomic mass is 127. The first-order chi connectivity index (χ1) is 8.20. The first-order valence-corrected chi connectivity index (χ1v) is 5.98. The van der Waals surface area contributed by atoms with E-state index in [1.165, 1.54) is 6.33 Å². The number of ether oxygens (including phenoxy) is 1. The molecule has 0 radical (unpaired) electrons. The van der Waals surface area contributed by atoms with Crippen LogP contribution in [0.2, 0.25) is 0 Å². The Balaban J connectivity index is 2.28. The summed E-state index contributed by atoms with van der Waals surface area (Å²) in [6.45, 7) is 1.86. The molecule has 0 aliphatic carbocycles. The number of aromatic nitrogens is 2. The van der Waals surface area contributed by atoms with Gasteiger partial charge in [-0.3, -0.25) is 4.79 Å². The lowest BCUT2D eigenvalue weighted by atomic mass is 10.1. The average molecular weight is 340 g/mol. The second-order valence-corrected chi connectivity index (χ2v) is 4.58. The van der Waals surface area contributed by atoms with E-state index >= 15 is 0 Å². The summed E-state index contributed by atoms with van der Waals surface area (Å²) in [6, 6.07) is 5.28. The Morgan fingerprint density at radius 2 is 2.24 bits per heavy atom. The van der Waals surface area contributed by atoms with Gasteiger partial charge in [0, 0.05) is 11.8 Å². The summed E-state index contributed by atoms with van der Waals surface area (Å²) in [5.41, 5.74) is 1.54. The minimum Gasteiger partial charge on any atom is -0.438 e. The van der Waals surface area contributed by atoms with E-state index in [1.54, 1.807) is 18.3 Å². The summed E-state index contributed by atoms with van der Waals surface area (Å²) in [5, 5.41) is 0. The zero-order valence-electron chi connectivity index (χ0n) is 9.05. The Labute approximate surface area is 112 Å². The Kier molecular flexibility index (Phi) is 3.68. The molecule has 0 unspecified atom stereocenters. The molecule has 2 rings (SSSR count). The van der Waals surface area contributed by atoms with Crippen LogP contribution in [-0.2, 0) is 0 Å². The molecule has 0 amide bonds. The van der Waals surface area contributed by atoms with Crippen molar-refractivity contribution in [3.05, 3.63) is 45.4 Å². The van der Waals surface area contributed by atoms with Crippen molar-refractivity contribution in [2.75, 3.05) is 0 Å². The van der Waals surface area contributed by atoms with Crippen molar-refractivity contribution in [2.45, 2.75) is 6.92 Å². The second kappa shape index (κ2) is 5.22. The van der Waals surface area contributed by atoms with Gasteiger partial charge in [0.25, 0.3) is 0 Å². The standard InChI is InChI=1S/C12H9IN2O2/c1-8-4-10(3-2-9(8)6-16)17-12-11(13)5-14-7-15-12/h2-7H,1H3. The maximum atomic E-state index is 10.7. The van der Waals surface area contributed by atoms with Gasteiger partial charge in [0.1, 0.15) is 18.4 Å². The molecule has 1 aromatic carbocycles. The summed E-state index contributed by atoms with van der Waals surface area (Å²) in [6.07, 6.45) is 3.94. The third-order valence-electron chi connectivity index (χ3n) is 2.22. The lowest BCUT2D eigenvalue weighted by Crippen LogP contribution is -1.93. The number of nitrogens with zero attached hydrogens (tertiary/aromatic N) is 2. The molecule has 0 fully saturated rings. The number of rotatable bonds is 3. The fraction of sp³-hybridized carbons (Fsp3) is 0.0833. The molecule has 2 aromatic rings. The largest absolute Gasteiger partial charge is 0.438 e. The van der Waals surface area contributed by atoms with Crippen molar-refractivity contribution in [1.29, 1.82) is 0 Å².